The van der Waals surface area contributed by atoms with Crippen LogP contribution in [-0.2, 0) is 4.79 Å². The van der Waals surface area contributed by atoms with Gasteiger partial charge in [0, 0.05) is 5.56 Å². The van der Waals surface area contributed by atoms with Crippen LogP contribution in [0.4, 0.5) is 0 Å². The summed E-state index contributed by atoms with van der Waals surface area (Å²) in [5, 5.41) is 6.26. The van der Waals surface area contributed by atoms with Crippen molar-refractivity contribution in [3.63, 3.8) is 0 Å². The van der Waals surface area contributed by atoms with Gasteiger partial charge in [-0.1, -0.05) is 60.2 Å². The van der Waals surface area contributed by atoms with Crippen LogP contribution in [0, 0.1) is 13.8 Å². The van der Waals surface area contributed by atoms with Crippen molar-refractivity contribution >= 4 is 22.9 Å². The van der Waals surface area contributed by atoms with Crippen LogP contribution in [0.25, 0.3) is 10.8 Å². The Balaban J connectivity index is 1.59. The van der Waals surface area contributed by atoms with Crippen LogP contribution < -0.4 is 10.2 Å². The Morgan fingerprint density at radius 1 is 1.08 bits per heavy atom. The van der Waals surface area contributed by atoms with E-state index >= 15 is 0 Å². The van der Waals surface area contributed by atoms with Crippen LogP contribution in [0.3, 0.4) is 0 Å². The Labute approximate surface area is 147 Å². The van der Waals surface area contributed by atoms with Crippen LogP contribution >= 0.6 is 0 Å². The van der Waals surface area contributed by atoms with Gasteiger partial charge in [0.05, 0.1) is 6.21 Å². The fourth-order valence-corrected chi connectivity index (χ4v) is 2.67. The standard InChI is InChI=1S/C21H20N2O2/c1-15-10-11-20(16(2)12-15)25-14-21(24)23-22-13-18-8-5-7-17-6-3-4-9-19(17)18/h3-13H,14H2,1-2H3,(H,23,24). The Bertz CT molecular complexity index is 927. The number of carbonyl (C=O) groups excluding carboxylic acids is 1. The van der Waals surface area contributed by atoms with Gasteiger partial charge < -0.3 is 4.74 Å². The molecule has 0 aliphatic rings. The number of amides is 1. The minimum Gasteiger partial charge on any atom is -0.483 e. The number of fused-ring (bicyclic) bond motifs is 1. The second-order valence-electron chi connectivity index (χ2n) is 5.92. The van der Waals surface area contributed by atoms with E-state index < -0.39 is 0 Å². The highest BCUT2D eigenvalue weighted by atomic mass is 16.5. The third kappa shape index (κ3) is 4.23. The van der Waals surface area contributed by atoms with Crippen LogP contribution in [0.2, 0.25) is 0 Å². The predicted octanol–water partition coefficient (Wildman–Crippen LogP) is 3.99. The maximum Gasteiger partial charge on any atom is 0.277 e. The number of ether oxygens (including phenoxy) is 1. The van der Waals surface area contributed by atoms with Crippen molar-refractivity contribution in [1.29, 1.82) is 0 Å². The van der Waals surface area contributed by atoms with Crippen molar-refractivity contribution in [3.05, 3.63) is 77.4 Å². The van der Waals surface area contributed by atoms with E-state index in [1.807, 2.05) is 74.5 Å². The Hall–Kier alpha value is -3.14. The number of hydrazone groups is 1. The highest BCUT2D eigenvalue weighted by molar-refractivity contribution is 5.99. The number of carbonyl (C=O) groups is 1. The summed E-state index contributed by atoms with van der Waals surface area (Å²) in [5.41, 5.74) is 5.62. The first kappa shape index (κ1) is 16.7. The minimum absolute atomic E-state index is 0.0726. The molecule has 4 heteroatoms. The molecule has 25 heavy (non-hydrogen) atoms. The van der Waals surface area contributed by atoms with Crippen molar-refractivity contribution in [2.24, 2.45) is 5.10 Å². The number of nitrogens with zero attached hydrogens (tertiary/aromatic N) is 1. The first-order chi connectivity index (χ1) is 12.1. The van der Waals surface area contributed by atoms with Crippen LogP contribution in [0.15, 0.2) is 65.8 Å². The zero-order chi connectivity index (χ0) is 17.6. The number of hydrogen-bond acceptors (Lipinski definition) is 3. The number of rotatable bonds is 5. The number of nitrogens with one attached hydrogen (secondary N) is 1. The third-order valence-corrected chi connectivity index (χ3v) is 3.91. The lowest BCUT2D eigenvalue weighted by atomic mass is 10.1. The Morgan fingerprint density at radius 3 is 2.72 bits per heavy atom. The van der Waals surface area contributed by atoms with Crippen molar-refractivity contribution < 1.29 is 9.53 Å². The molecule has 0 aromatic heterocycles. The smallest absolute Gasteiger partial charge is 0.277 e. The van der Waals surface area contributed by atoms with Gasteiger partial charge in [-0.25, -0.2) is 5.43 Å². The van der Waals surface area contributed by atoms with Gasteiger partial charge >= 0.3 is 0 Å². The van der Waals surface area contributed by atoms with Gasteiger partial charge in [0.2, 0.25) is 0 Å². The van der Waals surface area contributed by atoms with E-state index in [0.29, 0.717) is 5.75 Å². The predicted molar refractivity (Wildman–Crippen MR) is 101 cm³/mol. The van der Waals surface area contributed by atoms with Gasteiger partial charge in [0.25, 0.3) is 5.91 Å². The molecule has 0 saturated carbocycles. The lowest BCUT2D eigenvalue weighted by molar-refractivity contribution is -0.123. The lowest BCUT2D eigenvalue weighted by Gasteiger charge is -2.08. The SMILES string of the molecule is Cc1ccc(OCC(=O)NN=Cc2cccc3ccccc23)c(C)c1. The number of hydrogen-bond donors (Lipinski definition) is 1. The molecular formula is C21H20N2O2. The van der Waals surface area contributed by atoms with Crippen molar-refractivity contribution in [2.45, 2.75) is 13.8 Å². The number of benzene rings is 3. The van der Waals surface area contributed by atoms with Crippen molar-refractivity contribution in [1.82, 2.24) is 5.43 Å². The summed E-state index contributed by atoms with van der Waals surface area (Å²) in [6.45, 7) is 3.90. The van der Waals surface area contributed by atoms with E-state index in [2.05, 4.69) is 10.5 Å². The molecule has 1 amide bonds. The summed E-state index contributed by atoms with van der Waals surface area (Å²) >= 11 is 0. The van der Waals surface area contributed by atoms with Gasteiger partial charge in [-0.05, 0) is 36.2 Å². The zero-order valence-electron chi connectivity index (χ0n) is 14.3. The van der Waals surface area contributed by atoms with E-state index in [1.54, 1.807) is 6.21 Å². The molecule has 0 atom stereocenters. The molecule has 0 fully saturated rings. The van der Waals surface area contributed by atoms with Crippen LogP contribution in [0.1, 0.15) is 16.7 Å². The van der Waals surface area contributed by atoms with Gasteiger partial charge in [0.1, 0.15) is 5.75 Å². The van der Waals surface area contributed by atoms with Gasteiger partial charge in [-0.3, -0.25) is 4.79 Å². The second kappa shape index (κ2) is 7.62. The van der Waals surface area contributed by atoms with Gasteiger partial charge in [-0.2, -0.15) is 5.10 Å². The Kier molecular flexibility index (Phi) is 5.09. The molecule has 0 aliphatic heterocycles. The van der Waals surface area contributed by atoms with Crippen LogP contribution in [0.5, 0.6) is 5.75 Å². The van der Waals surface area contributed by atoms with E-state index in [1.165, 1.54) is 0 Å². The van der Waals surface area contributed by atoms with E-state index in [4.69, 9.17) is 4.74 Å². The number of aryl methyl sites for hydroxylation is 2. The maximum absolute atomic E-state index is 11.9. The highest BCUT2D eigenvalue weighted by Gasteiger charge is 2.04. The van der Waals surface area contributed by atoms with E-state index in [-0.39, 0.29) is 12.5 Å². The molecule has 0 heterocycles. The summed E-state index contributed by atoms with van der Waals surface area (Å²) < 4.78 is 5.54. The molecule has 0 bridgehead atoms. The zero-order valence-corrected chi connectivity index (χ0v) is 14.3. The molecule has 126 valence electrons. The quantitative estimate of drug-likeness (QED) is 0.567. The molecular weight excluding hydrogens is 312 g/mol. The minimum atomic E-state index is -0.295. The first-order valence-corrected chi connectivity index (χ1v) is 8.13. The van der Waals surface area contributed by atoms with Crippen molar-refractivity contribution in [3.8, 4) is 5.75 Å². The average Bonchev–Trinajstić information content (AvgIpc) is 2.61. The lowest BCUT2D eigenvalue weighted by Crippen LogP contribution is -2.24. The molecule has 0 saturated heterocycles. The molecule has 0 aliphatic carbocycles. The molecule has 0 spiro atoms. The normalized spacial score (nSPS) is 11.0. The average molecular weight is 332 g/mol. The maximum atomic E-state index is 11.9. The fraction of sp³-hybridized carbons (Fsp3) is 0.143. The van der Waals surface area contributed by atoms with E-state index in [9.17, 15) is 4.79 Å². The Morgan fingerprint density at radius 2 is 1.88 bits per heavy atom. The highest BCUT2D eigenvalue weighted by Crippen LogP contribution is 2.18. The monoisotopic (exact) mass is 332 g/mol. The summed E-state index contributed by atoms with van der Waals surface area (Å²) in [5.74, 6) is 0.412. The van der Waals surface area contributed by atoms with Gasteiger partial charge in [-0.15, -0.1) is 0 Å². The topological polar surface area (TPSA) is 50.7 Å². The molecule has 0 radical (unpaired) electrons. The molecule has 3 aromatic carbocycles. The largest absolute Gasteiger partial charge is 0.483 e. The molecule has 0 unspecified atom stereocenters. The van der Waals surface area contributed by atoms with Crippen molar-refractivity contribution in [2.75, 3.05) is 6.61 Å². The summed E-state index contributed by atoms with van der Waals surface area (Å²) in [6, 6.07) is 19.9. The first-order valence-electron chi connectivity index (χ1n) is 8.13. The molecule has 3 aromatic rings. The summed E-state index contributed by atoms with van der Waals surface area (Å²) in [4.78, 5) is 11.9. The van der Waals surface area contributed by atoms with E-state index in [0.717, 1.165) is 27.5 Å². The van der Waals surface area contributed by atoms with Crippen LogP contribution in [-0.4, -0.2) is 18.7 Å². The molecule has 4 nitrogen and oxygen atoms in total. The van der Waals surface area contributed by atoms with Gasteiger partial charge in [0.15, 0.2) is 6.61 Å². The fourth-order valence-electron chi connectivity index (χ4n) is 2.67. The summed E-state index contributed by atoms with van der Waals surface area (Å²) in [7, 11) is 0. The third-order valence-electron chi connectivity index (χ3n) is 3.91. The summed E-state index contributed by atoms with van der Waals surface area (Å²) in [6.07, 6.45) is 1.65. The molecule has 1 N–H and O–H groups in total. The second-order valence-corrected chi connectivity index (χ2v) is 5.92. The molecule has 3 rings (SSSR count).